The molecule has 0 aromatic rings. The molecule has 0 aliphatic carbocycles. The van der Waals surface area contributed by atoms with Crippen LogP contribution in [0.2, 0.25) is 0 Å². The van der Waals surface area contributed by atoms with Crippen molar-refractivity contribution in [2.24, 2.45) is 11.8 Å². The van der Waals surface area contributed by atoms with Crippen molar-refractivity contribution in [3.05, 3.63) is 0 Å². The first-order valence-electron chi connectivity index (χ1n) is 10.2. The molecule has 0 nitrogen and oxygen atoms in total. The molecular weight excluding hydrogens is 264 g/mol. The molecule has 0 heterocycles. The Balaban J connectivity index is 0. The lowest BCUT2D eigenvalue weighted by Crippen LogP contribution is -2.05. The minimum atomic E-state index is 0. The van der Waals surface area contributed by atoms with Gasteiger partial charge in [-0.3, -0.25) is 0 Å². The molecule has 0 atom stereocenters. The Kier molecular flexibility index (Phi) is 21.0. The van der Waals surface area contributed by atoms with Crippen molar-refractivity contribution in [1.29, 1.82) is 0 Å². The van der Waals surface area contributed by atoms with Gasteiger partial charge >= 0.3 is 0 Å². The highest BCUT2D eigenvalue weighted by molar-refractivity contribution is 4.63. The summed E-state index contributed by atoms with van der Waals surface area (Å²) in [7, 11) is 0. The van der Waals surface area contributed by atoms with Crippen molar-refractivity contribution in [2.75, 3.05) is 0 Å². The minimum Gasteiger partial charge on any atom is -0.0776 e. The number of hydrogen-bond donors (Lipinski definition) is 0. The van der Waals surface area contributed by atoms with E-state index in [1.54, 1.807) is 0 Å². The molecule has 136 valence electrons. The van der Waals surface area contributed by atoms with Gasteiger partial charge in [-0.15, -0.1) is 0 Å². The summed E-state index contributed by atoms with van der Waals surface area (Å²) in [6.07, 6.45) is 21.9. The van der Waals surface area contributed by atoms with Crippen molar-refractivity contribution in [3.63, 3.8) is 0 Å². The Bertz CT molecular complexity index is 166. The average Bonchev–Trinajstić information content (AvgIpc) is 2.45. The summed E-state index contributed by atoms with van der Waals surface area (Å²) in [5, 5.41) is 0. The first-order valence-corrected chi connectivity index (χ1v) is 10.2. The maximum absolute atomic E-state index is 2.40. The molecule has 0 N–H and O–H groups in total. The van der Waals surface area contributed by atoms with Crippen molar-refractivity contribution in [2.45, 2.75) is 131 Å². The fourth-order valence-electron chi connectivity index (χ4n) is 3.47. The highest BCUT2D eigenvalue weighted by atomic mass is 14.2. The smallest absolute Gasteiger partial charge is 0.0412 e. The lowest BCUT2D eigenvalue weighted by atomic mass is 9.87. The van der Waals surface area contributed by atoms with E-state index in [1.807, 2.05) is 0 Å². The van der Waals surface area contributed by atoms with E-state index in [0.29, 0.717) is 0 Å². The van der Waals surface area contributed by atoms with E-state index < -0.39 is 0 Å². The summed E-state index contributed by atoms with van der Waals surface area (Å²) in [5.41, 5.74) is 0. The van der Waals surface area contributed by atoms with Crippen LogP contribution in [-0.4, -0.2) is 0 Å². The molecule has 0 saturated carbocycles. The zero-order chi connectivity index (χ0) is 15.8. The maximum Gasteiger partial charge on any atom is -0.0412 e. The Morgan fingerprint density at radius 2 is 0.909 bits per heavy atom. The lowest BCUT2D eigenvalue weighted by Gasteiger charge is -2.19. The first-order chi connectivity index (χ1) is 10.2. The van der Waals surface area contributed by atoms with Gasteiger partial charge in [0, 0.05) is 0 Å². The van der Waals surface area contributed by atoms with Crippen LogP contribution in [0.1, 0.15) is 131 Å². The van der Waals surface area contributed by atoms with E-state index in [2.05, 4.69) is 27.7 Å². The predicted molar refractivity (Wildman–Crippen MR) is 106 cm³/mol. The zero-order valence-electron chi connectivity index (χ0n) is 15.8. The van der Waals surface area contributed by atoms with Crippen molar-refractivity contribution in [3.8, 4) is 0 Å². The Labute approximate surface area is 143 Å². The van der Waals surface area contributed by atoms with Crippen LogP contribution in [0.15, 0.2) is 0 Å². The topological polar surface area (TPSA) is 0 Å². The van der Waals surface area contributed by atoms with Crippen molar-refractivity contribution in [1.82, 2.24) is 0 Å². The third-order valence-corrected chi connectivity index (χ3v) is 4.74. The van der Waals surface area contributed by atoms with E-state index in [0.717, 1.165) is 11.8 Å². The van der Waals surface area contributed by atoms with Crippen LogP contribution in [0.3, 0.4) is 0 Å². The van der Waals surface area contributed by atoms with Gasteiger partial charge in [0.2, 0.25) is 0 Å². The lowest BCUT2D eigenvalue weighted by molar-refractivity contribution is 0.339. The van der Waals surface area contributed by atoms with Gasteiger partial charge in [-0.1, -0.05) is 125 Å². The Morgan fingerprint density at radius 1 is 0.545 bits per heavy atom. The molecule has 0 spiro atoms. The monoisotopic (exact) mass is 312 g/mol. The quantitative estimate of drug-likeness (QED) is 0.250. The molecule has 0 saturated heterocycles. The molecular formula is C22H48. The van der Waals surface area contributed by atoms with Crippen molar-refractivity contribution >= 4 is 0 Å². The second-order valence-corrected chi connectivity index (χ2v) is 7.61. The maximum atomic E-state index is 2.40. The zero-order valence-corrected chi connectivity index (χ0v) is 15.8. The standard InChI is InChI=1S/C21H44.CH4/c1-5-7-9-11-13-15-17-21(19-20(3)4)18-16-14-12-10-8-6-2;/h20-21H,5-19H2,1-4H3;1H4. The SMILES string of the molecule is C.CCCCCCCCC(CCCCCCCC)CC(C)C. The largest absolute Gasteiger partial charge is 0.0776 e. The highest BCUT2D eigenvalue weighted by Gasteiger charge is 2.10. The molecule has 0 bridgehead atoms. The summed E-state index contributed by atoms with van der Waals surface area (Å²) >= 11 is 0. The van der Waals surface area contributed by atoms with Gasteiger partial charge in [-0.25, -0.2) is 0 Å². The average molecular weight is 313 g/mol. The van der Waals surface area contributed by atoms with Gasteiger partial charge in [-0.2, -0.15) is 0 Å². The molecule has 0 heteroatoms. The molecule has 0 unspecified atom stereocenters. The van der Waals surface area contributed by atoms with Crippen LogP contribution in [0.5, 0.6) is 0 Å². The second kappa shape index (κ2) is 19.0. The summed E-state index contributed by atoms with van der Waals surface area (Å²) in [5.74, 6) is 1.90. The van der Waals surface area contributed by atoms with Gasteiger partial charge in [0.05, 0.1) is 0 Å². The van der Waals surface area contributed by atoms with E-state index >= 15 is 0 Å². The normalized spacial score (nSPS) is 11.2. The van der Waals surface area contributed by atoms with E-state index in [9.17, 15) is 0 Å². The summed E-state index contributed by atoms with van der Waals surface area (Å²) in [6, 6.07) is 0. The first kappa shape index (κ1) is 24.3. The van der Waals surface area contributed by atoms with E-state index in [1.165, 1.54) is 96.3 Å². The minimum absolute atomic E-state index is 0. The van der Waals surface area contributed by atoms with Crippen LogP contribution >= 0.6 is 0 Å². The van der Waals surface area contributed by atoms with Crippen LogP contribution in [0.25, 0.3) is 0 Å². The van der Waals surface area contributed by atoms with Crippen LogP contribution in [-0.2, 0) is 0 Å². The van der Waals surface area contributed by atoms with E-state index in [4.69, 9.17) is 0 Å². The fraction of sp³-hybridized carbons (Fsp3) is 1.00. The summed E-state index contributed by atoms with van der Waals surface area (Å²) < 4.78 is 0. The molecule has 0 aromatic heterocycles. The Morgan fingerprint density at radius 3 is 1.27 bits per heavy atom. The fourth-order valence-corrected chi connectivity index (χ4v) is 3.47. The third-order valence-electron chi connectivity index (χ3n) is 4.74. The van der Waals surface area contributed by atoms with E-state index in [-0.39, 0.29) is 7.43 Å². The molecule has 0 aliphatic heterocycles. The molecule has 0 fully saturated rings. The molecule has 22 heavy (non-hydrogen) atoms. The van der Waals surface area contributed by atoms with Gasteiger partial charge in [0.15, 0.2) is 0 Å². The van der Waals surface area contributed by atoms with Crippen LogP contribution < -0.4 is 0 Å². The second-order valence-electron chi connectivity index (χ2n) is 7.61. The van der Waals surface area contributed by atoms with Gasteiger partial charge in [-0.05, 0) is 18.3 Å². The molecule has 0 amide bonds. The Hall–Kier alpha value is 0. The van der Waals surface area contributed by atoms with Gasteiger partial charge in [0.25, 0.3) is 0 Å². The molecule has 0 aliphatic rings. The third kappa shape index (κ3) is 18.1. The number of unbranched alkanes of at least 4 members (excludes halogenated alkanes) is 10. The predicted octanol–water partition coefficient (Wildman–Crippen LogP) is 8.79. The summed E-state index contributed by atoms with van der Waals surface area (Å²) in [6.45, 7) is 9.41. The van der Waals surface area contributed by atoms with Gasteiger partial charge in [0.1, 0.15) is 0 Å². The number of rotatable bonds is 16. The summed E-state index contributed by atoms with van der Waals surface area (Å²) in [4.78, 5) is 0. The van der Waals surface area contributed by atoms with Crippen molar-refractivity contribution < 1.29 is 0 Å². The molecule has 0 rings (SSSR count). The molecule has 0 aromatic carbocycles. The highest BCUT2D eigenvalue weighted by Crippen LogP contribution is 2.25. The number of hydrogen-bond acceptors (Lipinski definition) is 0. The van der Waals surface area contributed by atoms with Crippen LogP contribution in [0, 0.1) is 11.8 Å². The van der Waals surface area contributed by atoms with Gasteiger partial charge < -0.3 is 0 Å². The van der Waals surface area contributed by atoms with Crippen LogP contribution in [0.4, 0.5) is 0 Å². The molecule has 0 radical (unpaired) electrons.